The van der Waals surface area contributed by atoms with Crippen molar-refractivity contribution in [3.05, 3.63) is 0 Å². The Hall–Kier alpha value is -0.120. The summed E-state index contributed by atoms with van der Waals surface area (Å²) < 4.78 is 5.54. The molecule has 102 valence electrons. The van der Waals surface area contributed by atoms with Gasteiger partial charge < -0.3 is 10.1 Å². The van der Waals surface area contributed by atoms with Crippen LogP contribution in [-0.2, 0) is 4.74 Å². The Balaban J connectivity index is 2.02. The van der Waals surface area contributed by atoms with E-state index in [2.05, 4.69) is 37.9 Å². The number of morpholine rings is 1. The highest BCUT2D eigenvalue weighted by molar-refractivity contribution is 4.70. The van der Waals surface area contributed by atoms with Crippen LogP contribution >= 0.6 is 0 Å². The number of nitrogens with one attached hydrogen (secondary N) is 1. The summed E-state index contributed by atoms with van der Waals surface area (Å²) in [6.45, 7) is 14.4. The first-order valence-electron chi connectivity index (χ1n) is 7.15. The molecule has 0 saturated carbocycles. The van der Waals surface area contributed by atoms with Crippen LogP contribution < -0.4 is 5.32 Å². The molecule has 0 aromatic rings. The first-order chi connectivity index (χ1) is 8.08. The fourth-order valence-electron chi connectivity index (χ4n) is 2.25. The average molecular weight is 242 g/mol. The van der Waals surface area contributed by atoms with Crippen LogP contribution in [0.5, 0.6) is 0 Å². The summed E-state index contributed by atoms with van der Waals surface area (Å²) in [5.74, 6) is 0.819. The molecule has 2 atom stereocenters. The molecule has 0 aromatic heterocycles. The Bertz CT molecular complexity index is 197. The summed E-state index contributed by atoms with van der Waals surface area (Å²) >= 11 is 0. The second-order valence-electron chi connectivity index (χ2n) is 5.81. The molecule has 0 bridgehead atoms. The van der Waals surface area contributed by atoms with Crippen molar-refractivity contribution in [2.24, 2.45) is 5.92 Å². The van der Waals surface area contributed by atoms with E-state index in [0.717, 1.165) is 38.7 Å². The van der Waals surface area contributed by atoms with Crippen LogP contribution in [-0.4, -0.2) is 49.8 Å². The van der Waals surface area contributed by atoms with Gasteiger partial charge in [-0.25, -0.2) is 0 Å². The summed E-state index contributed by atoms with van der Waals surface area (Å²) in [6, 6.07) is 0.649. The van der Waals surface area contributed by atoms with Gasteiger partial charge in [0.15, 0.2) is 0 Å². The third-order valence-corrected chi connectivity index (χ3v) is 3.42. The number of hydrogen-bond acceptors (Lipinski definition) is 3. The van der Waals surface area contributed by atoms with E-state index >= 15 is 0 Å². The van der Waals surface area contributed by atoms with Gasteiger partial charge in [-0.2, -0.15) is 0 Å². The number of rotatable bonds is 7. The minimum Gasteiger partial charge on any atom is -0.376 e. The lowest BCUT2D eigenvalue weighted by Crippen LogP contribution is -2.44. The van der Waals surface area contributed by atoms with Gasteiger partial charge in [-0.05, 0) is 32.6 Å². The lowest BCUT2D eigenvalue weighted by atomic mass is 10.0. The van der Waals surface area contributed by atoms with Crippen molar-refractivity contribution in [2.75, 3.05) is 32.8 Å². The van der Waals surface area contributed by atoms with Crippen molar-refractivity contribution in [2.45, 2.75) is 52.7 Å². The first-order valence-corrected chi connectivity index (χ1v) is 7.15. The van der Waals surface area contributed by atoms with Crippen LogP contribution in [0.2, 0.25) is 0 Å². The Morgan fingerprint density at radius 2 is 2.06 bits per heavy atom. The van der Waals surface area contributed by atoms with Gasteiger partial charge in [0.25, 0.3) is 0 Å². The topological polar surface area (TPSA) is 24.5 Å². The molecule has 3 nitrogen and oxygen atoms in total. The molecular formula is C14H30N2O. The molecule has 1 fully saturated rings. The molecule has 17 heavy (non-hydrogen) atoms. The monoisotopic (exact) mass is 242 g/mol. The Kier molecular flexibility index (Phi) is 7.09. The molecule has 1 N–H and O–H groups in total. The van der Waals surface area contributed by atoms with E-state index in [1.165, 1.54) is 12.8 Å². The zero-order chi connectivity index (χ0) is 12.7. The fourth-order valence-corrected chi connectivity index (χ4v) is 2.25. The summed E-state index contributed by atoms with van der Waals surface area (Å²) in [5.41, 5.74) is 0. The standard InChI is InChI=1S/C14H30N2O/c1-12(2)5-6-13(3)15-7-8-16-9-10-17-14(4)11-16/h12-15H,5-11H2,1-4H3. The Morgan fingerprint density at radius 3 is 2.71 bits per heavy atom. The van der Waals surface area contributed by atoms with Crippen molar-refractivity contribution in [3.63, 3.8) is 0 Å². The van der Waals surface area contributed by atoms with Crippen LogP contribution in [0.1, 0.15) is 40.5 Å². The molecule has 0 amide bonds. The zero-order valence-corrected chi connectivity index (χ0v) is 12.0. The molecule has 1 aliphatic rings. The van der Waals surface area contributed by atoms with E-state index in [1.807, 2.05) is 0 Å². The highest BCUT2D eigenvalue weighted by Crippen LogP contribution is 2.06. The van der Waals surface area contributed by atoms with Crippen molar-refractivity contribution in [1.29, 1.82) is 0 Å². The molecule has 1 heterocycles. The summed E-state index contributed by atoms with van der Waals surface area (Å²) in [4.78, 5) is 2.50. The molecule has 2 unspecified atom stereocenters. The maximum Gasteiger partial charge on any atom is 0.0674 e. The lowest BCUT2D eigenvalue weighted by Gasteiger charge is -2.31. The van der Waals surface area contributed by atoms with Crippen LogP contribution in [0.15, 0.2) is 0 Å². The second-order valence-corrected chi connectivity index (χ2v) is 5.81. The number of nitrogens with zero attached hydrogens (tertiary/aromatic N) is 1. The van der Waals surface area contributed by atoms with Gasteiger partial charge in [0.2, 0.25) is 0 Å². The second kappa shape index (κ2) is 8.06. The van der Waals surface area contributed by atoms with Crippen molar-refractivity contribution < 1.29 is 4.74 Å². The van der Waals surface area contributed by atoms with Crippen LogP contribution in [0, 0.1) is 5.92 Å². The third-order valence-electron chi connectivity index (χ3n) is 3.42. The third kappa shape index (κ3) is 7.02. The van der Waals surface area contributed by atoms with E-state index in [1.54, 1.807) is 0 Å². The molecule has 3 heteroatoms. The van der Waals surface area contributed by atoms with Gasteiger partial charge in [0, 0.05) is 32.2 Å². The molecular weight excluding hydrogens is 212 g/mol. The quantitative estimate of drug-likeness (QED) is 0.740. The van der Waals surface area contributed by atoms with Crippen LogP contribution in [0.25, 0.3) is 0 Å². The minimum atomic E-state index is 0.405. The van der Waals surface area contributed by atoms with Gasteiger partial charge in [-0.15, -0.1) is 0 Å². The summed E-state index contributed by atoms with van der Waals surface area (Å²) in [6.07, 6.45) is 3.02. The Morgan fingerprint density at radius 1 is 1.29 bits per heavy atom. The van der Waals surface area contributed by atoms with Gasteiger partial charge in [0.05, 0.1) is 12.7 Å². The van der Waals surface area contributed by atoms with E-state index < -0.39 is 0 Å². The average Bonchev–Trinajstić information content (AvgIpc) is 2.26. The van der Waals surface area contributed by atoms with E-state index in [-0.39, 0.29) is 0 Å². The highest BCUT2D eigenvalue weighted by atomic mass is 16.5. The van der Waals surface area contributed by atoms with Crippen LogP contribution in [0.4, 0.5) is 0 Å². The summed E-state index contributed by atoms with van der Waals surface area (Å²) in [5, 5.41) is 3.62. The lowest BCUT2D eigenvalue weighted by molar-refractivity contribution is -0.0178. The van der Waals surface area contributed by atoms with Crippen molar-refractivity contribution in [3.8, 4) is 0 Å². The van der Waals surface area contributed by atoms with E-state index in [9.17, 15) is 0 Å². The molecule has 1 aliphatic heterocycles. The van der Waals surface area contributed by atoms with Crippen LogP contribution in [0.3, 0.4) is 0 Å². The van der Waals surface area contributed by atoms with E-state index in [4.69, 9.17) is 4.74 Å². The minimum absolute atomic E-state index is 0.405. The smallest absolute Gasteiger partial charge is 0.0674 e. The van der Waals surface area contributed by atoms with Gasteiger partial charge in [-0.3, -0.25) is 4.90 Å². The van der Waals surface area contributed by atoms with Gasteiger partial charge in [0.1, 0.15) is 0 Å². The SMILES string of the molecule is CC(C)CCC(C)NCCN1CCOC(C)C1. The first kappa shape index (κ1) is 14.9. The molecule has 1 rings (SSSR count). The molecule has 0 radical (unpaired) electrons. The predicted molar refractivity (Wildman–Crippen MR) is 73.4 cm³/mol. The maximum atomic E-state index is 5.54. The highest BCUT2D eigenvalue weighted by Gasteiger charge is 2.15. The van der Waals surface area contributed by atoms with Crippen molar-refractivity contribution in [1.82, 2.24) is 10.2 Å². The molecule has 0 aliphatic carbocycles. The summed E-state index contributed by atoms with van der Waals surface area (Å²) in [7, 11) is 0. The number of ether oxygens (including phenoxy) is 1. The predicted octanol–water partition coefficient (Wildman–Crippen LogP) is 2.12. The number of hydrogen-bond donors (Lipinski definition) is 1. The fraction of sp³-hybridized carbons (Fsp3) is 1.00. The maximum absolute atomic E-state index is 5.54. The van der Waals surface area contributed by atoms with Crippen molar-refractivity contribution >= 4 is 0 Å². The molecule has 1 saturated heterocycles. The molecule has 0 spiro atoms. The largest absolute Gasteiger partial charge is 0.376 e. The molecule has 0 aromatic carbocycles. The normalized spacial score (nSPS) is 24.2. The van der Waals surface area contributed by atoms with Gasteiger partial charge in [-0.1, -0.05) is 13.8 Å². The van der Waals surface area contributed by atoms with E-state index in [0.29, 0.717) is 12.1 Å². The van der Waals surface area contributed by atoms with Gasteiger partial charge >= 0.3 is 0 Å². The Labute approximate surface area is 107 Å². The zero-order valence-electron chi connectivity index (χ0n) is 12.0.